The summed E-state index contributed by atoms with van der Waals surface area (Å²) in [6.07, 6.45) is 7.33. The molecule has 0 saturated carbocycles. The van der Waals surface area contributed by atoms with Crippen LogP contribution in [-0.4, -0.2) is 18.7 Å². The molecule has 7 aromatic carbocycles. The average molecular weight is 800 g/mol. The van der Waals surface area contributed by atoms with Crippen molar-refractivity contribution in [1.29, 1.82) is 0 Å². The van der Waals surface area contributed by atoms with Crippen LogP contribution in [0.5, 0.6) is 11.5 Å². The van der Waals surface area contributed by atoms with Crippen molar-refractivity contribution in [3.8, 4) is 50.9 Å². The van der Waals surface area contributed by atoms with Crippen LogP contribution in [0, 0.1) is 6.33 Å². The van der Waals surface area contributed by atoms with Crippen LogP contribution in [0.1, 0.15) is 40.0 Å². The fourth-order valence-corrected chi connectivity index (χ4v) is 8.36. The molecule has 0 aliphatic carbocycles. The van der Waals surface area contributed by atoms with Crippen molar-refractivity contribution in [2.45, 2.75) is 26.2 Å². The van der Waals surface area contributed by atoms with E-state index in [-0.39, 0.29) is 33.4 Å². The molecule has 6 nitrogen and oxygen atoms in total. The number of aromatic nitrogens is 5. The Balaban J connectivity index is 1.10. The predicted octanol–water partition coefficient (Wildman–Crippen LogP) is 13.1. The van der Waals surface area contributed by atoms with Gasteiger partial charge in [0.1, 0.15) is 17.3 Å². The second-order valence-electron chi connectivity index (χ2n) is 16.1. The van der Waals surface area contributed by atoms with Crippen LogP contribution in [0.15, 0.2) is 188 Å². The van der Waals surface area contributed by atoms with Gasteiger partial charge in [-0.05, 0) is 81.8 Å². The smallest absolute Gasteiger partial charge is 0.269 e. The minimum Gasteiger partial charge on any atom is -0.457 e. The fraction of sp³-hybridized carbons (Fsp3) is 0.0909. The van der Waals surface area contributed by atoms with Gasteiger partial charge >= 0.3 is 0 Å². The fourth-order valence-electron chi connectivity index (χ4n) is 8.36. The number of hydrogen-bond acceptors (Lipinski definition) is 2. The highest BCUT2D eigenvalue weighted by molar-refractivity contribution is 6.09. The molecule has 11 rings (SSSR count). The lowest BCUT2D eigenvalue weighted by Gasteiger charge is -2.20. The first-order valence-electron chi connectivity index (χ1n) is 24.9. The normalized spacial score (nSPS) is 14.2. The molecule has 4 aromatic heterocycles. The van der Waals surface area contributed by atoms with Gasteiger partial charge in [0.2, 0.25) is 0 Å². The van der Waals surface area contributed by atoms with Gasteiger partial charge in [-0.3, -0.25) is 13.7 Å². The zero-order chi connectivity index (χ0) is 49.9. The zero-order valence-corrected chi connectivity index (χ0v) is 33.8. The van der Waals surface area contributed by atoms with Crippen molar-refractivity contribution >= 4 is 43.7 Å². The monoisotopic (exact) mass is 799 g/mol. The third kappa shape index (κ3) is 6.18. The van der Waals surface area contributed by atoms with E-state index in [2.05, 4.69) is 62.0 Å². The van der Waals surface area contributed by atoms with Gasteiger partial charge in [-0.15, -0.1) is 0 Å². The molecule has 0 fully saturated rings. The third-order valence-corrected chi connectivity index (χ3v) is 11.3. The summed E-state index contributed by atoms with van der Waals surface area (Å²) in [6, 6.07) is 31.5. The number of imidazole rings is 1. The lowest BCUT2D eigenvalue weighted by atomic mass is 9.88. The molecule has 0 amide bonds. The molecule has 4 heterocycles. The van der Waals surface area contributed by atoms with E-state index in [1.165, 1.54) is 5.56 Å². The summed E-state index contributed by atoms with van der Waals surface area (Å²) < 4.78 is 102. The summed E-state index contributed by atoms with van der Waals surface area (Å²) in [5.41, 5.74) is 6.12. The lowest BCUT2D eigenvalue weighted by molar-refractivity contribution is -0.571. The summed E-state index contributed by atoms with van der Waals surface area (Å²) >= 11 is 0. The molecule has 294 valence electrons. The SMILES string of the molecule is [2H]c1c([2H])c([2H])c(-c2cccc(-c3c([2H])c([2H])c([2H])c([2H])c3[2H])c2-[n+]2[c-]n(-c3cn(C)c4ccc(Oc5ccc6c7ccccc7n(-c7cc(C(C)(C)C)ccn7)c6c5)cc34)c3ccccc32)c([2H])c1[2H]. The molecule has 0 aliphatic heterocycles. The summed E-state index contributed by atoms with van der Waals surface area (Å²) in [6.45, 7) is 6.56. The number of ether oxygens (including phenoxy) is 1. The number of aryl methyl sites for hydroxylation is 1. The summed E-state index contributed by atoms with van der Waals surface area (Å²) in [5.74, 6) is 1.99. The van der Waals surface area contributed by atoms with Gasteiger partial charge in [-0.1, -0.05) is 142 Å². The van der Waals surface area contributed by atoms with Gasteiger partial charge in [-0.2, -0.15) is 0 Å². The van der Waals surface area contributed by atoms with E-state index in [0.29, 0.717) is 28.2 Å². The molecule has 0 unspecified atom stereocenters. The number of pyridine rings is 1. The molecular weight excluding hydrogens is 747 g/mol. The minimum absolute atomic E-state index is 0.0830. The number of fused-ring (bicyclic) bond motifs is 5. The maximum atomic E-state index is 9.05. The molecule has 0 atom stereocenters. The van der Waals surface area contributed by atoms with Gasteiger partial charge in [0, 0.05) is 47.2 Å². The first-order chi connectivity index (χ1) is 33.9. The standard InChI is InChI=1S/C55H43N5O/c1-55(2,3)39-30-31-56-53(32-39)60-48-23-12-11-20-44(48)45-28-26-41(34-51(45)60)61-40-27-29-47-46(33-40)52(35-57(47)4)58-36-59(50-25-14-13-24-49(50)58)54-42(37-16-7-5-8-17-37)21-15-22-43(54)38-18-9-6-10-19-38/h5-35H,1-4H3/i5D,6D,7D,8D,9D,10D,16D,17D,18D,19D. The third-order valence-electron chi connectivity index (χ3n) is 11.3. The Morgan fingerprint density at radius 1 is 0.623 bits per heavy atom. The molecule has 0 aliphatic rings. The van der Waals surface area contributed by atoms with Crippen molar-refractivity contribution in [2.24, 2.45) is 7.05 Å². The van der Waals surface area contributed by atoms with E-state index in [1.54, 1.807) is 22.8 Å². The van der Waals surface area contributed by atoms with Crippen LogP contribution in [-0.2, 0) is 12.5 Å². The summed E-state index contributed by atoms with van der Waals surface area (Å²) in [5, 5.41) is 2.95. The second-order valence-corrected chi connectivity index (χ2v) is 16.1. The Labute approximate surface area is 368 Å². The van der Waals surface area contributed by atoms with Crippen molar-refractivity contribution < 1.29 is 23.0 Å². The highest BCUT2D eigenvalue weighted by Crippen LogP contribution is 2.38. The van der Waals surface area contributed by atoms with Crippen LogP contribution in [0.2, 0.25) is 0 Å². The predicted molar refractivity (Wildman–Crippen MR) is 248 cm³/mol. The van der Waals surface area contributed by atoms with Gasteiger partial charge in [-0.25, -0.2) is 4.98 Å². The molecule has 0 saturated heterocycles. The number of para-hydroxylation sites is 4. The first-order valence-corrected chi connectivity index (χ1v) is 19.9. The topological polar surface area (TPSA) is 40.8 Å². The van der Waals surface area contributed by atoms with Crippen molar-refractivity contribution in [1.82, 2.24) is 18.7 Å². The van der Waals surface area contributed by atoms with Gasteiger partial charge in [0.15, 0.2) is 0 Å². The van der Waals surface area contributed by atoms with E-state index in [1.807, 2.05) is 95.3 Å². The van der Waals surface area contributed by atoms with E-state index in [4.69, 9.17) is 23.4 Å². The van der Waals surface area contributed by atoms with Gasteiger partial charge in [0.25, 0.3) is 6.33 Å². The Morgan fingerprint density at radius 3 is 2.02 bits per heavy atom. The summed E-state index contributed by atoms with van der Waals surface area (Å²) in [7, 11) is 1.94. The maximum absolute atomic E-state index is 9.05. The number of rotatable bonds is 7. The zero-order valence-electron chi connectivity index (χ0n) is 43.8. The molecule has 0 spiro atoms. The van der Waals surface area contributed by atoms with Gasteiger partial charge < -0.3 is 9.30 Å². The Kier molecular flexibility index (Phi) is 6.34. The second kappa shape index (κ2) is 14.2. The van der Waals surface area contributed by atoms with Crippen LogP contribution >= 0.6 is 0 Å². The quantitative estimate of drug-likeness (QED) is 0.119. The van der Waals surface area contributed by atoms with Crippen LogP contribution in [0.4, 0.5) is 0 Å². The number of benzene rings is 7. The minimum atomic E-state index is -0.565. The first kappa shape index (κ1) is 27.1. The number of nitrogens with zero attached hydrogens (tertiary/aromatic N) is 5. The van der Waals surface area contributed by atoms with E-state index >= 15 is 0 Å². The highest BCUT2D eigenvalue weighted by atomic mass is 16.5. The molecule has 0 N–H and O–H groups in total. The van der Waals surface area contributed by atoms with Crippen molar-refractivity contribution in [3.05, 3.63) is 200 Å². The number of hydrogen-bond donors (Lipinski definition) is 0. The van der Waals surface area contributed by atoms with Crippen LogP contribution < -0.4 is 9.30 Å². The van der Waals surface area contributed by atoms with Crippen LogP contribution in [0.3, 0.4) is 0 Å². The molecule has 0 bridgehead atoms. The van der Waals surface area contributed by atoms with Crippen molar-refractivity contribution in [3.63, 3.8) is 0 Å². The van der Waals surface area contributed by atoms with Crippen molar-refractivity contribution in [2.75, 3.05) is 0 Å². The Hall–Kier alpha value is -7.70. The molecule has 0 radical (unpaired) electrons. The van der Waals surface area contributed by atoms with E-state index < -0.39 is 60.4 Å². The van der Waals surface area contributed by atoms with Gasteiger partial charge in [0.05, 0.1) is 47.1 Å². The summed E-state index contributed by atoms with van der Waals surface area (Å²) in [4.78, 5) is 4.84. The van der Waals surface area contributed by atoms with E-state index in [0.717, 1.165) is 38.5 Å². The average Bonchev–Trinajstić information content (AvgIpc) is 4.02. The highest BCUT2D eigenvalue weighted by Gasteiger charge is 2.22. The molecule has 6 heteroatoms. The Bertz CT molecular complexity index is 3910. The Morgan fingerprint density at radius 2 is 1.28 bits per heavy atom. The lowest BCUT2D eigenvalue weighted by Crippen LogP contribution is -2.31. The van der Waals surface area contributed by atoms with E-state index in [9.17, 15) is 0 Å². The largest absolute Gasteiger partial charge is 0.457 e. The molecular formula is C55H43N5O. The van der Waals surface area contributed by atoms with Crippen LogP contribution in [0.25, 0.3) is 83.2 Å². The maximum Gasteiger partial charge on any atom is 0.269 e. The molecule has 11 aromatic rings. The molecule has 61 heavy (non-hydrogen) atoms.